The molecule has 0 bridgehead atoms. The highest BCUT2D eigenvalue weighted by molar-refractivity contribution is 5.93. The molecule has 0 N–H and O–H groups in total. The molecule has 0 amide bonds. The highest BCUT2D eigenvalue weighted by Gasteiger charge is 2.18. The molecule has 0 fully saturated rings. The summed E-state index contributed by atoms with van der Waals surface area (Å²) in [4.78, 5) is 12.1. The predicted octanol–water partition coefficient (Wildman–Crippen LogP) is 5.06. The molecule has 2 aromatic heterocycles. The molecule has 6 heteroatoms. The van der Waals surface area contributed by atoms with E-state index in [0.717, 1.165) is 39.0 Å². The molecule has 0 radical (unpaired) electrons. The van der Waals surface area contributed by atoms with Gasteiger partial charge in [0.1, 0.15) is 5.69 Å². The van der Waals surface area contributed by atoms with Crippen LogP contribution in [0.1, 0.15) is 23.7 Å². The van der Waals surface area contributed by atoms with Crippen LogP contribution < -0.4 is 0 Å². The van der Waals surface area contributed by atoms with Crippen LogP contribution >= 0.6 is 0 Å². The minimum Gasteiger partial charge on any atom is -0.273 e. The maximum Gasteiger partial charge on any atom is 0.247 e. The van der Waals surface area contributed by atoms with Gasteiger partial charge in [-0.3, -0.25) is 4.79 Å². The van der Waals surface area contributed by atoms with E-state index in [1.54, 1.807) is 6.20 Å². The second kappa shape index (κ2) is 7.99. The lowest BCUT2D eigenvalue weighted by Crippen LogP contribution is -2.09. The second-order valence-corrected chi connectivity index (χ2v) is 7.37. The number of benzene rings is 3. The van der Waals surface area contributed by atoms with E-state index in [9.17, 15) is 4.79 Å². The van der Waals surface area contributed by atoms with Crippen LogP contribution in [0.2, 0.25) is 0 Å². The summed E-state index contributed by atoms with van der Waals surface area (Å²) in [6.45, 7) is 2.46. The van der Waals surface area contributed by atoms with Crippen molar-refractivity contribution < 1.29 is 4.79 Å². The lowest BCUT2D eigenvalue weighted by molar-refractivity contribution is 0.0899. The average Bonchev–Trinajstić information content (AvgIpc) is 3.43. The van der Waals surface area contributed by atoms with Gasteiger partial charge in [-0.1, -0.05) is 78.9 Å². The first-order valence-electron chi connectivity index (χ1n) is 10.3. The van der Waals surface area contributed by atoms with Crippen molar-refractivity contribution in [1.82, 2.24) is 24.8 Å². The molecular formula is C25H21N5O. The molecular weight excluding hydrogens is 386 g/mol. The van der Waals surface area contributed by atoms with E-state index >= 15 is 0 Å². The van der Waals surface area contributed by atoms with Crippen molar-refractivity contribution in [3.63, 3.8) is 0 Å². The Kier molecular flexibility index (Phi) is 4.88. The van der Waals surface area contributed by atoms with Gasteiger partial charge in [0.05, 0.1) is 24.0 Å². The Balaban J connectivity index is 1.63. The minimum atomic E-state index is -0.0264. The summed E-state index contributed by atoms with van der Waals surface area (Å²) in [6.07, 6.45) is 2.13. The zero-order valence-corrected chi connectivity index (χ0v) is 17.1. The molecule has 31 heavy (non-hydrogen) atoms. The van der Waals surface area contributed by atoms with Gasteiger partial charge >= 0.3 is 0 Å². The number of fused-ring (bicyclic) bond motifs is 1. The van der Waals surface area contributed by atoms with Gasteiger partial charge in [0.2, 0.25) is 5.91 Å². The van der Waals surface area contributed by atoms with E-state index in [2.05, 4.69) is 39.7 Å². The highest BCUT2D eigenvalue weighted by atomic mass is 16.2. The standard InChI is InChI=1S/C25H21N5O/c1-2-23(31)30-22-14-13-20(15-21(22)16-26-30)24-25(19-11-7-4-8-12-19)29(28-27-24)17-18-9-5-3-6-10-18/h3-16H,2,17H2,1H3. The fourth-order valence-electron chi connectivity index (χ4n) is 3.79. The van der Waals surface area contributed by atoms with Gasteiger partial charge in [0.25, 0.3) is 0 Å². The molecule has 5 rings (SSSR count). The summed E-state index contributed by atoms with van der Waals surface area (Å²) >= 11 is 0. The van der Waals surface area contributed by atoms with Gasteiger partial charge in [-0.15, -0.1) is 5.10 Å². The Bertz CT molecular complexity index is 1350. The van der Waals surface area contributed by atoms with Gasteiger partial charge in [0, 0.05) is 22.9 Å². The predicted molar refractivity (Wildman–Crippen MR) is 121 cm³/mol. The van der Waals surface area contributed by atoms with Crippen molar-refractivity contribution in [3.05, 3.63) is 90.6 Å². The Morgan fingerprint density at radius 3 is 2.39 bits per heavy atom. The van der Waals surface area contributed by atoms with Gasteiger partial charge in [0.15, 0.2) is 0 Å². The zero-order valence-electron chi connectivity index (χ0n) is 17.1. The van der Waals surface area contributed by atoms with Crippen molar-refractivity contribution in [2.45, 2.75) is 19.9 Å². The molecule has 0 aliphatic rings. The molecule has 0 atom stereocenters. The molecule has 0 saturated heterocycles. The van der Waals surface area contributed by atoms with E-state index in [1.165, 1.54) is 4.68 Å². The average molecular weight is 407 g/mol. The Morgan fingerprint density at radius 2 is 1.65 bits per heavy atom. The van der Waals surface area contributed by atoms with Crippen LogP contribution in [-0.4, -0.2) is 30.7 Å². The zero-order chi connectivity index (χ0) is 21.2. The second-order valence-electron chi connectivity index (χ2n) is 7.37. The molecule has 152 valence electrons. The van der Waals surface area contributed by atoms with Crippen molar-refractivity contribution >= 4 is 16.8 Å². The molecule has 0 aliphatic carbocycles. The number of hydrogen-bond donors (Lipinski definition) is 0. The fraction of sp³-hybridized carbons (Fsp3) is 0.120. The molecule has 0 saturated carbocycles. The van der Waals surface area contributed by atoms with E-state index in [-0.39, 0.29) is 5.91 Å². The summed E-state index contributed by atoms with van der Waals surface area (Å²) in [5.74, 6) is -0.0264. The topological polar surface area (TPSA) is 65.6 Å². The van der Waals surface area contributed by atoms with Crippen LogP contribution in [0.25, 0.3) is 33.4 Å². The SMILES string of the molecule is CCC(=O)n1ncc2cc(-c3nnn(Cc4ccccc4)c3-c3ccccc3)ccc21. The van der Waals surface area contributed by atoms with Crippen LogP contribution in [0.4, 0.5) is 0 Å². The maximum atomic E-state index is 12.1. The first-order valence-corrected chi connectivity index (χ1v) is 10.3. The fourth-order valence-corrected chi connectivity index (χ4v) is 3.79. The first kappa shape index (κ1) is 18.9. The number of nitrogens with zero attached hydrogens (tertiary/aromatic N) is 5. The number of aromatic nitrogens is 5. The largest absolute Gasteiger partial charge is 0.273 e. The van der Waals surface area contributed by atoms with E-state index in [1.807, 2.05) is 66.2 Å². The molecule has 3 aromatic carbocycles. The summed E-state index contributed by atoms with van der Waals surface area (Å²) < 4.78 is 3.40. The summed E-state index contributed by atoms with van der Waals surface area (Å²) in [7, 11) is 0. The summed E-state index contributed by atoms with van der Waals surface area (Å²) in [5.41, 5.74) is 5.71. The van der Waals surface area contributed by atoms with Crippen molar-refractivity contribution in [2.75, 3.05) is 0 Å². The summed E-state index contributed by atoms with van der Waals surface area (Å²) in [5, 5.41) is 14.2. The van der Waals surface area contributed by atoms with Gasteiger partial charge in [-0.25, -0.2) is 9.36 Å². The highest BCUT2D eigenvalue weighted by Crippen LogP contribution is 2.32. The van der Waals surface area contributed by atoms with Crippen molar-refractivity contribution in [3.8, 4) is 22.5 Å². The van der Waals surface area contributed by atoms with Crippen molar-refractivity contribution in [1.29, 1.82) is 0 Å². The third-order valence-corrected chi connectivity index (χ3v) is 5.34. The van der Waals surface area contributed by atoms with Crippen LogP contribution in [-0.2, 0) is 6.54 Å². The monoisotopic (exact) mass is 407 g/mol. The Hall–Kier alpha value is -4.06. The number of carbonyl (C=O) groups excluding carboxylic acids is 1. The normalized spacial score (nSPS) is 11.1. The third-order valence-electron chi connectivity index (χ3n) is 5.34. The molecule has 0 spiro atoms. The van der Waals surface area contributed by atoms with Crippen LogP contribution in [0.15, 0.2) is 85.1 Å². The number of carbonyl (C=O) groups is 1. The smallest absolute Gasteiger partial charge is 0.247 e. The maximum absolute atomic E-state index is 12.1. The van der Waals surface area contributed by atoms with Gasteiger partial charge < -0.3 is 0 Å². The molecule has 0 aliphatic heterocycles. The van der Waals surface area contributed by atoms with Gasteiger partial charge in [-0.05, 0) is 17.7 Å². The Labute approximate surface area is 179 Å². The van der Waals surface area contributed by atoms with E-state index in [0.29, 0.717) is 13.0 Å². The minimum absolute atomic E-state index is 0.0264. The van der Waals surface area contributed by atoms with Crippen LogP contribution in [0.5, 0.6) is 0 Å². The summed E-state index contributed by atoms with van der Waals surface area (Å²) in [6, 6.07) is 26.3. The molecule has 2 heterocycles. The number of hydrogen-bond acceptors (Lipinski definition) is 4. The number of rotatable bonds is 5. The molecule has 0 unspecified atom stereocenters. The third kappa shape index (κ3) is 3.53. The van der Waals surface area contributed by atoms with Crippen molar-refractivity contribution in [2.24, 2.45) is 0 Å². The van der Waals surface area contributed by atoms with E-state index < -0.39 is 0 Å². The van der Waals surface area contributed by atoms with Gasteiger partial charge in [-0.2, -0.15) is 5.10 Å². The first-order chi connectivity index (χ1) is 15.2. The molecule has 5 aromatic rings. The molecule has 6 nitrogen and oxygen atoms in total. The van der Waals surface area contributed by atoms with Crippen LogP contribution in [0, 0.1) is 0 Å². The van der Waals surface area contributed by atoms with E-state index in [4.69, 9.17) is 0 Å². The lowest BCUT2D eigenvalue weighted by atomic mass is 10.0. The quantitative estimate of drug-likeness (QED) is 0.408. The lowest BCUT2D eigenvalue weighted by Gasteiger charge is -2.09. The van der Waals surface area contributed by atoms with Crippen LogP contribution in [0.3, 0.4) is 0 Å². The Morgan fingerprint density at radius 1 is 0.903 bits per heavy atom.